The summed E-state index contributed by atoms with van der Waals surface area (Å²) in [7, 11) is -3.59. The van der Waals surface area contributed by atoms with E-state index in [1.54, 1.807) is 13.8 Å². The van der Waals surface area contributed by atoms with Crippen LogP contribution in [0.25, 0.3) is 0 Å². The summed E-state index contributed by atoms with van der Waals surface area (Å²) in [5.74, 6) is -0.986. The molecule has 6 nitrogen and oxygen atoms in total. The largest absolute Gasteiger partial charge is 0.457 e. The molecule has 1 aromatic rings. The molecule has 0 bridgehead atoms. The molecule has 0 radical (unpaired) electrons. The Morgan fingerprint density at radius 1 is 1.12 bits per heavy atom. The zero-order chi connectivity index (χ0) is 18.8. The summed E-state index contributed by atoms with van der Waals surface area (Å²) >= 11 is 0. The summed E-state index contributed by atoms with van der Waals surface area (Å²) in [6.45, 7) is 7.23. The first-order valence-corrected chi connectivity index (χ1v) is 9.81. The van der Waals surface area contributed by atoms with Crippen molar-refractivity contribution in [1.82, 2.24) is 4.31 Å². The van der Waals surface area contributed by atoms with Crippen molar-refractivity contribution in [2.45, 2.75) is 45.4 Å². The van der Waals surface area contributed by atoms with Crippen molar-refractivity contribution >= 4 is 21.8 Å². The molecule has 0 N–H and O–H groups in total. The zero-order valence-electron chi connectivity index (χ0n) is 15.2. The van der Waals surface area contributed by atoms with E-state index in [9.17, 15) is 18.0 Å². The molecule has 1 saturated heterocycles. The van der Waals surface area contributed by atoms with E-state index in [0.29, 0.717) is 17.7 Å². The first-order chi connectivity index (χ1) is 11.6. The average molecular weight is 367 g/mol. The van der Waals surface area contributed by atoms with Crippen LogP contribution in [-0.4, -0.2) is 44.2 Å². The first-order valence-electron chi connectivity index (χ1n) is 8.37. The predicted octanol–water partition coefficient (Wildman–Crippen LogP) is 2.14. The lowest BCUT2D eigenvalue weighted by Crippen LogP contribution is -2.41. The number of hydrogen-bond donors (Lipinski definition) is 0. The molecular formula is C18H25NO5S. The number of hydrogen-bond acceptors (Lipinski definition) is 5. The number of rotatable bonds is 5. The van der Waals surface area contributed by atoms with E-state index in [-0.39, 0.29) is 31.4 Å². The maximum Gasteiger partial charge on any atom is 0.309 e. The van der Waals surface area contributed by atoms with Gasteiger partial charge in [-0.15, -0.1) is 0 Å². The molecule has 25 heavy (non-hydrogen) atoms. The van der Waals surface area contributed by atoms with E-state index in [4.69, 9.17) is 4.74 Å². The fraction of sp³-hybridized carbons (Fsp3) is 0.556. The van der Waals surface area contributed by atoms with Crippen LogP contribution in [0, 0.1) is 26.7 Å². The predicted molar refractivity (Wildman–Crippen MR) is 93.8 cm³/mol. The minimum Gasteiger partial charge on any atom is -0.457 e. The number of ether oxygens (including phenoxy) is 1. The highest BCUT2D eigenvalue weighted by Crippen LogP contribution is 2.29. The van der Waals surface area contributed by atoms with Crippen molar-refractivity contribution in [3.63, 3.8) is 0 Å². The van der Waals surface area contributed by atoms with Crippen LogP contribution in [0.5, 0.6) is 0 Å². The Bertz CT molecular complexity index is 754. The number of piperidine rings is 1. The lowest BCUT2D eigenvalue weighted by atomic mass is 9.98. The van der Waals surface area contributed by atoms with Crippen LogP contribution in [-0.2, 0) is 24.3 Å². The molecule has 0 atom stereocenters. The Balaban J connectivity index is 2.10. The second-order valence-electron chi connectivity index (χ2n) is 6.72. The van der Waals surface area contributed by atoms with Gasteiger partial charge in [0.1, 0.15) is 6.61 Å². The molecular weight excluding hydrogens is 342 g/mol. The van der Waals surface area contributed by atoms with E-state index in [1.807, 2.05) is 19.1 Å². The molecule has 2 rings (SSSR count). The number of esters is 1. The smallest absolute Gasteiger partial charge is 0.309 e. The summed E-state index contributed by atoms with van der Waals surface area (Å²) in [5, 5.41) is 0. The Labute approximate surface area is 149 Å². The van der Waals surface area contributed by atoms with Crippen LogP contribution in [0.1, 0.15) is 36.5 Å². The van der Waals surface area contributed by atoms with Crippen molar-refractivity contribution in [2.75, 3.05) is 19.7 Å². The van der Waals surface area contributed by atoms with Gasteiger partial charge in [0.05, 0.1) is 10.8 Å². The fourth-order valence-electron chi connectivity index (χ4n) is 3.33. The van der Waals surface area contributed by atoms with E-state index in [0.717, 1.165) is 16.7 Å². The van der Waals surface area contributed by atoms with Crippen molar-refractivity contribution < 1.29 is 22.7 Å². The highest BCUT2D eigenvalue weighted by Gasteiger charge is 2.34. The third-order valence-corrected chi connectivity index (χ3v) is 6.61. The maximum atomic E-state index is 13.0. The lowest BCUT2D eigenvalue weighted by molar-refractivity contribution is -0.152. The molecule has 138 valence electrons. The topological polar surface area (TPSA) is 80.8 Å². The van der Waals surface area contributed by atoms with E-state index in [1.165, 1.54) is 11.2 Å². The summed E-state index contributed by atoms with van der Waals surface area (Å²) in [5.41, 5.74) is 2.50. The molecule has 1 aliphatic heterocycles. The lowest BCUT2D eigenvalue weighted by Gasteiger charge is -2.31. The van der Waals surface area contributed by atoms with Gasteiger partial charge in [0.2, 0.25) is 10.0 Å². The van der Waals surface area contributed by atoms with E-state index >= 15 is 0 Å². The van der Waals surface area contributed by atoms with Gasteiger partial charge >= 0.3 is 5.97 Å². The first kappa shape index (κ1) is 19.6. The van der Waals surface area contributed by atoms with Gasteiger partial charge < -0.3 is 4.74 Å². The molecule has 0 aromatic heterocycles. The average Bonchev–Trinajstić information content (AvgIpc) is 2.51. The molecule has 1 fully saturated rings. The van der Waals surface area contributed by atoms with Crippen LogP contribution in [0.4, 0.5) is 0 Å². The molecule has 7 heteroatoms. The van der Waals surface area contributed by atoms with Gasteiger partial charge in [0.25, 0.3) is 0 Å². The van der Waals surface area contributed by atoms with Gasteiger partial charge in [0, 0.05) is 13.1 Å². The minimum absolute atomic E-state index is 0.210. The van der Waals surface area contributed by atoms with Gasteiger partial charge in [0.15, 0.2) is 5.78 Å². The Morgan fingerprint density at radius 2 is 1.64 bits per heavy atom. The summed E-state index contributed by atoms with van der Waals surface area (Å²) in [4.78, 5) is 23.2. The highest BCUT2D eigenvalue weighted by atomic mass is 32.2. The van der Waals surface area contributed by atoms with E-state index in [2.05, 4.69) is 0 Å². The highest BCUT2D eigenvalue weighted by molar-refractivity contribution is 7.89. The Hall–Kier alpha value is -1.73. The molecule has 1 heterocycles. The number of carbonyl (C=O) groups excluding carboxylic acids is 2. The maximum absolute atomic E-state index is 13.0. The standard InChI is InChI=1S/C18H25NO5S/c1-12-9-13(2)17(14(3)10-12)25(22,23)19-7-5-16(6-8-19)18(21)24-11-15(4)20/h9-10,16H,5-8,11H2,1-4H3. The SMILES string of the molecule is CC(=O)COC(=O)C1CCN(S(=O)(=O)c2c(C)cc(C)cc2C)CC1. The monoisotopic (exact) mass is 367 g/mol. The number of aryl methyl sites for hydroxylation is 3. The normalized spacial score (nSPS) is 16.6. The summed E-state index contributed by atoms with van der Waals surface area (Å²) in [6, 6.07) is 3.73. The second-order valence-corrected chi connectivity index (χ2v) is 8.59. The van der Waals surface area contributed by atoms with Crippen LogP contribution in [0.2, 0.25) is 0 Å². The summed E-state index contributed by atoms with van der Waals surface area (Å²) in [6.07, 6.45) is 0.805. The van der Waals surface area contributed by atoms with Crippen molar-refractivity contribution in [3.8, 4) is 0 Å². The van der Waals surface area contributed by atoms with Crippen molar-refractivity contribution in [3.05, 3.63) is 28.8 Å². The van der Waals surface area contributed by atoms with Crippen LogP contribution >= 0.6 is 0 Å². The van der Waals surface area contributed by atoms with Crippen LogP contribution < -0.4 is 0 Å². The molecule has 0 unspecified atom stereocenters. The molecule has 0 amide bonds. The van der Waals surface area contributed by atoms with Crippen molar-refractivity contribution in [1.29, 1.82) is 0 Å². The molecule has 0 spiro atoms. The quantitative estimate of drug-likeness (QED) is 0.745. The number of nitrogens with zero attached hydrogens (tertiary/aromatic N) is 1. The van der Waals surface area contributed by atoms with Crippen molar-refractivity contribution in [2.24, 2.45) is 5.92 Å². The third-order valence-electron chi connectivity index (χ3n) is 4.41. The zero-order valence-corrected chi connectivity index (χ0v) is 16.0. The van der Waals surface area contributed by atoms with Gasteiger partial charge in [-0.2, -0.15) is 4.31 Å². The van der Waals surface area contributed by atoms with E-state index < -0.39 is 16.0 Å². The number of Topliss-reactive ketones (excluding diaryl/α,β-unsaturated/α-hetero) is 1. The summed E-state index contributed by atoms with van der Waals surface area (Å²) < 4.78 is 32.4. The third kappa shape index (κ3) is 4.46. The van der Waals surface area contributed by atoms with Gasteiger partial charge in [-0.05, 0) is 51.7 Å². The molecule has 0 aliphatic carbocycles. The van der Waals surface area contributed by atoms with Gasteiger partial charge in [-0.25, -0.2) is 8.42 Å². The number of sulfonamides is 1. The number of benzene rings is 1. The Morgan fingerprint density at radius 3 is 2.12 bits per heavy atom. The fourth-order valence-corrected chi connectivity index (χ4v) is 5.21. The molecule has 1 aromatic carbocycles. The minimum atomic E-state index is -3.59. The second kappa shape index (κ2) is 7.66. The van der Waals surface area contributed by atoms with Gasteiger partial charge in [-0.3, -0.25) is 9.59 Å². The Kier molecular flexibility index (Phi) is 6.00. The molecule has 0 saturated carbocycles. The number of carbonyl (C=O) groups is 2. The van der Waals surface area contributed by atoms with Crippen LogP contribution in [0.15, 0.2) is 17.0 Å². The molecule has 1 aliphatic rings. The van der Waals surface area contributed by atoms with Crippen LogP contribution in [0.3, 0.4) is 0 Å². The number of ketones is 1. The van der Waals surface area contributed by atoms with Gasteiger partial charge in [-0.1, -0.05) is 17.7 Å².